The fourth-order valence-corrected chi connectivity index (χ4v) is 8.33. The molecule has 4 aliphatic rings. The quantitative estimate of drug-likeness (QED) is 0.232. The Labute approximate surface area is 352 Å². The molecule has 0 bridgehead atoms. The summed E-state index contributed by atoms with van der Waals surface area (Å²) < 4.78 is 65.6. The number of benzene rings is 2. The van der Waals surface area contributed by atoms with Crippen LogP contribution < -0.4 is 0 Å². The van der Waals surface area contributed by atoms with Crippen molar-refractivity contribution in [2.75, 3.05) is 59.1 Å². The van der Waals surface area contributed by atoms with Gasteiger partial charge in [0.05, 0.1) is 31.4 Å². The van der Waals surface area contributed by atoms with Crippen molar-refractivity contribution in [2.24, 2.45) is 11.8 Å². The van der Waals surface area contributed by atoms with Crippen molar-refractivity contribution in [3.63, 3.8) is 0 Å². The summed E-state index contributed by atoms with van der Waals surface area (Å²) in [6.45, 7) is 5.43. The highest BCUT2D eigenvalue weighted by atomic mass is 19.1. The Bertz CT molecular complexity index is 2120. The van der Waals surface area contributed by atoms with Gasteiger partial charge >= 0.3 is 6.09 Å². The second-order valence-electron chi connectivity index (χ2n) is 16.9. The molecule has 326 valence electrons. The Kier molecular flexibility index (Phi) is 13.3. The third-order valence-electron chi connectivity index (χ3n) is 11.4. The number of halogens is 3. The van der Waals surface area contributed by atoms with Crippen molar-refractivity contribution >= 4 is 29.7 Å². The van der Waals surface area contributed by atoms with Crippen LogP contribution >= 0.6 is 0 Å². The van der Waals surface area contributed by atoms with E-state index in [1.165, 1.54) is 14.7 Å². The number of imidazole rings is 1. The number of hydrogen-bond acceptors (Lipinski definition) is 9. The molecule has 0 N–H and O–H groups in total. The smallest absolute Gasteiger partial charge is 0.410 e. The average molecular weight is 849 g/mol. The molecular formula is C44H51F3N6O8. The first-order chi connectivity index (χ1) is 29.1. The summed E-state index contributed by atoms with van der Waals surface area (Å²) in [6.07, 6.45) is 1.24. The van der Waals surface area contributed by atoms with E-state index in [2.05, 4.69) is 0 Å². The zero-order chi connectivity index (χ0) is 43.4. The average Bonchev–Trinajstić information content (AvgIpc) is 3.92. The maximum Gasteiger partial charge on any atom is 0.410 e. The predicted molar refractivity (Wildman–Crippen MR) is 214 cm³/mol. The second-order valence-corrected chi connectivity index (χ2v) is 16.9. The van der Waals surface area contributed by atoms with Gasteiger partial charge in [-0.25, -0.2) is 22.9 Å². The van der Waals surface area contributed by atoms with Crippen LogP contribution in [-0.4, -0.2) is 136 Å². The number of rotatable bonds is 12. The molecule has 5 amide bonds. The van der Waals surface area contributed by atoms with E-state index in [1.54, 1.807) is 31.5 Å². The topological polar surface area (TPSA) is 144 Å². The lowest BCUT2D eigenvalue weighted by Gasteiger charge is -2.42. The fourth-order valence-electron chi connectivity index (χ4n) is 8.33. The standard InChI is InChI=1S/C44H51F3N6O8/c1-44(2,3)61-43(58)51-23-30(34(47)25-51)24-53(42(57)36-27-49(17-20-60-36)37(54)13-16-52-38(55)11-12-39(52)56)40(29-14-18-59-19-15-29)41-48-35(32-21-31(45)9-10-33(32)46)26-50(41)22-28-7-5-4-6-8-28/h4-12,21,26,29-30,34,36,40H,13-20,22-25,27H2,1-3H3/t30-,34-,36-,40+/m0/s1. The molecule has 0 saturated carbocycles. The first-order valence-electron chi connectivity index (χ1n) is 20.6. The Morgan fingerprint density at radius 2 is 1.67 bits per heavy atom. The van der Waals surface area contributed by atoms with Gasteiger partial charge in [-0.05, 0) is 63.3 Å². The molecule has 2 aromatic carbocycles. The van der Waals surface area contributed by atoms with Gasteiger partial charge < -0.3 is 33.5 Å². The van der Waals surface area contributed by atoms with Gasteiger partial charge in [-0.2, -0.15) is 0 Å². The summed E-state index contributed by atoms with van der Waals surface area (Å²) in [6, 6.07) is 11.6. The number of hydrogen-bond donors (Lipinski definition) is 0. The number of carbonyl (C=O) groups is 5. The van der Waals surface area contributed by atoms with E-state index in [-0.39, 0.29) is 76.0 Å². The SMILES string of the molecule is CC(C)(C)OC(=O)N1C[C@@H](CN(C(=O)[C@@H]2CN(C(=O)CCN3C(=O)C=CC3=O)CCO2)[C@@H](c2nc(-c3cc(F)ccc3F)cn2Cc2ccccc2)C2CCOCC2)[C@@H](F)C1. The molecule has 0 unspecified atom stereocenters. The van der Waals surface area contributed by atoms with Crippen molar-refractivity contribution in [1.29, 1.82) is 0 Å². The molecular weight excluding hydrogens is 798 g/mol. The Hall–Kier alpha value is -5.55. The van der Waals surface area contributed by atoms with E-state index in [0.29, 0.717) is 31.9 Å². The molecule has 5 heterocycles. The van der Waals surface area contributed by atoms with Gasteiger partial charge in [0.1, 0.15) is 29.2 Å². The molecule has 3 fully saturated rings. The van der Waals surface area contributed by atoms with Crippen LogP contribution in [0, 0.1) is 23.5 Å². The minimum absolute atomic E-state index is 0.00568. The number of morpholine rings is 1. The number of alkyl halides is 1. The monoisotopic (exact) mass is 848 g/mol. The molecule has 0 aliphatic carbocycles. The van der Waals surface area contributed by atoms with Gasteiger partial charge in [-0.1, -0.05) is 30.3 Å². The van der Waals surface area contributed by atoms with Crippen molar-refractivity contribution in [2.45, 2.75) is 70.5 Å². The molecule has 4 aliphatic heterocycles. The molecule has 3 aromatic rings. The minimum Gasteiger partial charge on any atom is -0.444 e. The van der Waals surface area contributed by atoms with Crippen molar-refractivity contribution < 1.29 is 51.4 Å². The summed E-state index contributed by atoms with van der Waals surface area (Å²) in [5.41, 5.74) is 0.0800. The van der Waals surface area contributed by atoms with Gasteiger partial charge in [-0.15, -0.1) is 0 Å². The van der Waals surface area contributed by atoms with Gasteiger partial charge in [0.25, 0.3) is 17.7 Å². The lowest BCUT2D eigenvalue weighted by molar-refractivity contribution is -0.159. The third kappa shape index (κ3) is 10.3. The van der Waals surface area contributed by atoms with Crippen LogP contribution in [0.1, 0.15) is 57.5 Å². The molecule has 0 radical (unpaired) electrons. The van der Waals surface area contributed by atoms with Crippen LogP contribution in [0.4, 0.5) is 18.0 Å². The van der Waals surface area contributed by atoms with E-state index >= 15 is 13.6 Å². The lowest BCUT2D eigenvalue weighted by Crippen LogP contribution is -2.55. The first kappa shape index (κ1) is 43.5. The summed E-state index contributed by atoms with van der Waals surface area (Å²) >= 11 is 0. The summed E-state index contributed by atoms with van der Waals surface area (Å²) in [7, 11) is 0. The zero-order valence-electron chi connectivity index (χ0n) is 34.5. The molecule has 61 heavy (non-hydrogen) atoms. The molecule has 14 nitrogen and oxygen atoms in total. The number of amides is 5. The second kappa shape index (κ2) is 18.6. The van der Waals surface area contributed by atoms with E-state index in [9.17, 15) is 23.6 Å². The number of nitrogens with zero attached hydrogens (tertiary/aromatic N) is 6. The Morgan fingerprint density at radius 3 is 2.38 bits per heavy atom. The van der Waals surface area contributed by atoms with Crippen LogP contribution in [0.3, 0.4) is 0 Å². The first-order valence-corrected chi connectivity index (χ1v) is 20.6. The zero-order valence-corrected chi connectivity index (χ0v) is 34.5. The Balaban J connectivity index is 1.27. The molecule has 17 heteroatoms. The predicted octanol–water partition coefficient (Wildman–Crippen LogP) is 4.92. The van der Waals surface area contributed by atoms with E-state index in [4.69, 9.17) is 19.2 Å². The Morgan fingerprint density at radius 1 is 0.951 bits per heavy atom. The van der Waals surface area contributed by atoms with Crippen molar-refractivity contribution in [3.05, 3.63) is 89.9 Å². The molecule has 7 rings (SSSR count). The van der Waals surface area contributed by atoms with Crippen LogP contribution in [0.15, 0.2) is 66.9 Å². The molecule has 0 spiro atoms. The van der Waals surface area contributed by atoms with Gasteiger partial charge in [0.2, 0.25) is 5.91 Å². The summed E-state index contributed by atoms with van der Waals surface area (Å²) in [5.74, 6) is -4.18. The number of ether oxygens (including phenoxy) is 3. The molecule has 3 saturated heterocycles. The van der Waals surface area contributed by atoms with Crippen molar-refractivity contribution in [1.82, 2.24) is 29.2 Å². The van der Waals surface area contributed by atoms with Gasteiger partial charge in [0.15, 0.2) is 6.10 Å². The largest absolute Gasteiger partial charge is 0.444 e. The van der Waals surface area contributed by atoms with E-state index < -0.39 is 71.2 Å². The summed E-state index contributed by atoms with van der Waals surface area (Å²) in [5, 5.41) is 0. The number of aromatic nitrogens is 2. The van der Waals surface area contributed by atoms with Crippen LogP contribution in [0.2, 0.25) is 0 Å². The van der Waals surface area contributed by atoms with Crippen LogP contribution in [0.25, 0.3) is 11.3 Å². The number of carbonyl (C=O) groups excluding carboxylic acids is 5. The number of imide groups is 1. The highest BCUT2D eigenvalue weighted by molar-refractivity contribution is 6.13. The van der Waals surface area contributed by atoms with Crippen LogP contribution in [-0.2, 0) is 39.9 Å². The van der Waals surface area contributed by atoms with Gasteiger partial charge in [-0.3, -0.25) is 24.1 Å². The van der Waals surface area contributed by atoms with Gasteiger partial charge in [0, 0.05) is 82.2 Å². The maximum atomic E-state index is 16.3. The molecule has 4 atom stereocenters. The van der Waals surface area contributed by atoms with E-state index in [1.807, 2.05) is 30.3 Å². The maximum absolute atomic E-state index is 16.3. The minimum atomic E-state index is -1.55. The molecule has 1 aromatic heterocycles. The normalized spacial score (nSPS) is 21.6. The highest BCUT2D eigenvalue weighted by Gasteiger charge is 2.45. The highest BCUT2D eigenvalue weighted by Crippen LogP contribution is 2.39. The van der Waals surface area contributed by atoms with E-state index in [0.717, 1.165) is 40.8 Å². The third-order valence-corrected chi connectivity index (χ3v) is 11.4. The van der Waals surface area contributed by atoms with Crippen molar-refractivity contribution in [3.8, 4) is 11.3 Å². The lowest BCUT2D eigenvalue weighted by atomic mass is 9.88. The number of likely N-dealkylation sites (tertiary alicyclic amines) is 1. The van der Waals surface area contributed by atoms with Crippen LogP contribution in [0.5, 0.6) is 0 Å². The fraction of sp³-hybridized carbons (Fsp3) is 0.500. The summed E-state index contributed by atoms with van der Waals surface area (Å²) in [4.78, 5) is 76.5.